The third kappa shape index (κ3) is 3.25. The monoisotopic (exact) mass is 336 g/mol. The highest BCUT2D eigenvalue weighted by Crippen LogP contribution is 2.36. The van der Waals surface area contributed by atoms with Gasteiger partial charge in [0, 0.05) is 37.4 Å². The lowest BCUT2D eigenvalue weighted by molar-refractivity contribution is -0.0276. The van der Waals surface area contributed by atoms with Gasteiger partial charge in [-0.3, -0.25) is 0 Å². The maximum absolute atomic E-state index is 13.8. The molecule has 1 aromatic carbocycles. The molecular weight excluding hydrogens is 317 g/mol. The average Bonchev–Trinajstić information content (AvgIpc) is 2.62. The molecule has 0 aliphatic carbocycles. The number of nitrogens with two attached hydrogens (primary N) is 1. The van der Waals surface area contributed by atoms with Crippen LogP contribution in [0.5, 0.6) is 0 Å². The van der Waals surface area contributed by atoms with Crippen LogP contribution in [0.25, 0.3) is 0 Å². The zero-order valence-corrected chi connectivity index (χ0v) is 13.1. The number of anilines is 3. The Bertz CT molecular complexity index is 682. The summed E-state index contributed by atoms with van der Waals surface area (Å²) < 4.78 is 40.4. The number of pyridine rings is 1. The molecule has 3 rings (SSSR count). The van der Waals surface area contributed by atoms with Crippen LogP contribution in [0.3, 0.4) is 0 Å². The van der Waals surface area contributed by atoms with E-state index in [4.69, 9.17) is 5.73 Å². The minimum Gasteiger partial charge on any atom is -0.397 e. The van der Waals surface area contributed by atoms with Crippen molar-refractivity contribution in [3.8, 4) is 0 Å². The van der Waals surface area contributed by atoms with E-state index in [0.717, 1.165) is 5.82 Å². The number of para-hydroxylation sites is 1. The van der Waals surface area contributed by atoms with Gasteiger partial charge in [0.1, 0.15) is 5.82 Å². The van der Waals surface area contributed by atoms with E-state index in [1.807, 2.05) is 11.0 Å². The molecule has 7 heteroatoms. The van der Waals surface area contributed by atoms with Crippen molar-refractivity contribution in [1.82, 2.24) is 4.98 Å². The molecule has 0 spiro atoms. The lowest BCUT2D eigenvalue weighted by atomic mass is 10.1. The first-order chi connectivity index (χ1) is 11.5. The molecule has 0 atom stereocenters. The summed E-state index contributed by atoms with van der Waals surface area (Å²) in [5.74, 6) is -2.65. The summed E-state index contributed by atoms with van der Waals surface area (Å²) >= 11 is 0. The normalized spacial score (nSPS) is 15.6. The number of nitrogens with zero attached hydrogens (tertiary/aromatic N) is 3. The van der Waals surface area contributed by atoms with E-state index >= 15 is 0 Å². The van der Waals surface area contributed by atoms with E-state index in [9.17, 15) is 13.2 Å². The highest BCUT2D eigenvalue weighted by atomic mass is 19.3. The summed E-state index contributed by atoms with van der Waals surface area (Å²) in [5, 5.41) is 0. The number of hydrogen-bond acceptors (Lipinski definition) is 4. The molecule has 2 aromatic rings. The standard InChI is InChI=1S/C17H19F3N4/c18-12-17(19,20)14-3-1-2-4-15(14)23-7-9-24(10-8-23)16-6-5-13(21)11-22-16/h1-6,11H,7-10,12,21H2. The fourth-order valence-electron chi connectivity index (χ4n) is 2.89. The average molecular weight is 336 g/mol. The minimum absolute atomic E-state index is 0.258. The molecule has 4 nitrogen and oxygen atoms in total. The lowest BCUT2D eigenvalue weighted by Crippen LogP contribution is -2.47. The third-order valence-corrected chi connectivity index (χ3v) is 4.18. The molecule has 1 aliphatic rings. The highest BCUT2D eigenvalue weighted by Gasteiger charge is 2.35. The number of aromatic nitrogens is 1. The van der Waals surface area contributed by atoms with Crippen LogP contribution in [0.2, 0.25) is 0 Å². The molecule has 1 aromatic heterocycles. The molecule has 0 unspecified atom stereocenters. The van der Waals surface area contributed by atoms with Crippen molar-refractivity contribution in [1.29, 1.82) is 0 Å². The van der Waals surface area contributed by atoms with Crippen LogP contribution in [0, 0.1) is 0 Å². The molecule has 1 saturated heterocycles. The van der Waals surface area contributed by atoms with Gasteiger partial charge in [0.05, 0.1) is 11.9 Å². The zero-order valence-electron chi connectivity index (χ0n) is 13.1. The van der Waals surface area contributed by atoms with E-state index in [1.54, 1.807) is 24.4 Å². The van der Waals surface area contributed by atoms with Crippen LogP contribution in [0.15, 0.2) is 42.6 Å². The van der Waals surface area contributed by atoms with E-state index in [-0.39, 0.29) is 5.56 Å². The van der Waals surface area contributed by atoms with Crippen molar-refractivity contribution in [3.63, 3.8) is 0 Å². The van der Waals surface area contributed by atoms with Crippen molar-refractivity contribution in [2.24, 2.45) is 0 Å². The van der Waals surface area contributed by atoms with Crippen LogP contribution in [0.4, 0.5) is 30.4 Å². The van der Waals surface area contributed by atoms with Gasteiger partial charge in [0.25, 0.3) is 0 Å². The summed E-state index contributed by atoms with van der Waals surface area (Å²) in [7, 11) is 0. The van der Waals surface area contributed by atoms with Crippen LogP contribution in [-0.4, -0.2) is 37.8 Å². The van der Waals surface area contributed by atoms with Gasteiger partial charge in [-0.05, 0) is 18.2 Å². The van der Waals surface area contributed by atoms with Gasteiger partial charge in [-0.2, -0.15) is 8.78 Å². The number of rotatable bonds is 4. The van der Waals surface area contributed by atoms with Crippen molar-refractivity contribution >= 4 is 17.2 Å². The minimum atomic E-state index is -3.47. The second kappa shape index (κ2) is 6.59. The van der Waals surface area contributed by atoms with E-state index in [0.29, 0.717) is 37.6 Å². The Morgan fingerprint density at radius 2 is 1.67 bits per heavy atom. The summed E-state index contributed by atoms with van der Waals surface area (Å²) in [6.07, 6.45) is 1.60. The predicted octanol–water partition coefficient (Wildman–Crippen LogP) is 3.05. The van der Waals surface area contributed by atoms with Crippen LogP contribution < -0.4 is 15.5 Å². The first-order valence-corrected chi connectivity index (χ1v) is 7.76. The molecule has 0 saturated carbocycles. The summed E-state index contributed by atoms with van der Waals surface area (Å²) in [4.78, 5) is 8.23. The smallest absolute Gasteiger partial charge is 0.303 e. The van der Waals surface area contributed by atoms with Crippen molar-refractivity contribution in [3.05, 3.63) is 48.2 Å². The molecule has 1 aliphatic heterocycles. The maximum atomic E-state index is 13.8. The molecule has 0 amide bonds. The Morgan fingerprint density at radius 1 is 1.00 bits per heavy atom. The largest absolute Gasteiger partial charge is 0.397 e. The molecule has 0 radical (unpaired) electrons. The van der Waals surface area contributed by atoms with Crippen LogP contribution in [-0.2, 0) is 5.92 Å². The lowest BCUT2D eigenvalue weighted by Gasteiger charge is -2.38. The summed E-state index contributed by atoms with van der Waals surface area (Å²) in [6, 6.07) is 9.75. The number of halogens is 3. The molecule has 128 valence electrons. The second-order valence-electron chi connectivity index (χ2n) is 5.78. The van der Waals surface area contributed by atoms with Gasteiger partial charge in [0.15, 0.2) is 6.67 Å². The fourth-order valence-corrected chi connectivity index (χ4v) is 2.89. The topological polar surface area (TPSA) is 45.4 Å². The molecular formula is C17H19F3N4. The number of hydrogen-bond donors (Lipinski definition) is 1. The number of nitrogen functional groups attached to an aromatic ring is 1. The molecule has 2 N–H and O–H groups in total. The predicted molar refractivity (Wildman–Crippen MR) is 89.4 cm³/mol. The molecule has 2 heterocycles. The van der Waals surface area contributed by atoms with Crippen LogP contribution in [0.1, 0.15) is 5.56 Å². The van der Waals surface area contributed by atoms with Crippen molar-refractivity contribution in [2.75, 3.05) is 48.4 Å². The van der Waals surface area contributed by atoms with Gasteiger partial charge in [-0.1, -0.05) is 18.2 Å². The Kier molecular flexibility index (Phi) is 4.51. The fraction of sp³-hybridized carbons (Fsp3) is 0.353. The van der Waals surface area contributed by atoms with Crippen LogP contribution >= 0.6 is 0 Å². The van der Waals surface area contributed by atoms with Gasteiger partial charge in [0.2, 0.25) is 0 Å². The molecule has 24 heavy (non-hydrogen) atoms. The Morgan fingerprint density at radius 3 is 2.29 bits per heavy atom. The molecule has 0 bridgehead atoms. The summed E-state index contributed by atoms with van der Waals surface area (Å²) in [6.45, 7) is 0.717. The van der Waals surface area contributed by atoms with Gasteiger partial charge < -0.3 is 15.5 Å². The number of piperazine rings is 1. The number of benzene rings is 1. The van der Waals surface area contributed by atoms with E-state index in [1.165, 1.54) is 12.1 Å². The third-order valence-electron chi connectivity index (χ3n) is 4.18. The Balaban J connectivity index is 1.75. The number of alkyl halides is 3. The first-order valence-electron chi connectivity index (χ1n) is 7.76. The second-order valence-corrected chi connectivity index (χ2v) is 5.78. The maximum Gasteiger partial charge on any atom is 0.303 e. The van der Waals surface area contributed by atoms with E-state index in [2.05, 4.69) is 9.88 Å². The highest BCUT2D eigenvalue weighted by molar-refractivity contribution is 5.57. The first kappa shape index (κ1) is 16.4. The Labute approximate surface area is 138 Å². The van der Waals surface area contributed by atoms with Gasteiger partial charge in [-0.25, -0.2) is 9.37 Å². The summed E-state index contributed by atoms with van der Waals surface area (Å²) in [5.41, 5.74) is 6.37. The van der Waals surface area contributed by atoms with Crippen molar-refractivity contribution in [2.45, 2.75) is 5.92 Å². The Hall–Kier alpha value is -2.44. The molecule has 1 fully saturated rings. The van der Waals surface area contributed by atoms with Crippen molar-refractivity contribution < 1.29 is 13.2 Å². The zero-order chi connectivity index (χ0) is 17.2. The van der Waals surface area contributed by atoms with E-state index < -0.39 is 12.6 Å². The van der Waals surface area contributed by atoms with Gasteiger partial charge in [-0.15, -0.1) is 0 Å². The van der Waals surface area contributed by atoms with Gasteiger partial charge >= 0.3 is 5.92 Å². The SMILES string of the molecule is Nc1ccc(N2CCN(c3ccccc3C(F)(F)CF)CC2)nc1. The quantitative estimate of drug-likeness (QED) is 0.932.